The van der Waals surface area contributed by atoms with Crippen LogP contribution in [0, 0.1) is 0 Å². The molecule has 3 aliphatic heterocycles. The third-order valence-corrected chi connectivity index (χ3v) is 6.06. The summed E-state index contributed by atoms with van der Waals surface area (Å²) in [4.78, 5) is 29.3. The van der Waals surface area contributed by atoms with Gasteiger partial charge in [0.1, 0.15) is 0 Å². The molecule has 0 unspecified atom stereocenters. The predicted octanol–water partition coefficient (Wildman–Crippen LogP) is 0.742. The van der Waals surface area contributed by atoms with Crippen LogP contribution >= 0.6 is 0 Å². The van der Waals surface area contributed by atoms with Crippen LogP contribution in [0.4, 0.5) is 4.79 Å². The Morgan fingerprint density at radius 3 is 2.30 bits per heavy atom. The van der Waals surface area contributed by atoms with E-state index in [0.717, 1.165) is 65.2 Å². The van der Waals surface area contributed by atoms with E-state index in [1.165, 1.54) is 26.4 Å². The fourth-order valence-electron chi connectivity index (χ4n) is 4.39. The zero-order valence-corrected chi connectivity index (χ0v) is 16.7. The SMILES string of the molecule is COC(=O)CCN(C(=O)N1CCN(C2CCNCC2)CC1)N1CCCCC1. The van der Waals surface area contributed by atoms with Gasteiger partial charge < -0.3 is 15.0 Å². The summed E-state index contributed by atoms with van der Waals surface area (Å²) in [6.45, 7) is 7.81. The maximum absolute atomic E-state index is 13.2. The summed E-state index contributed by atoms with van der Waals surface area (Å²) in [6.07, 6.45) is 6.06. The van der Waals surface area contributed by atoms with Gasteiger partial charge in [0.25, 0.3) is 0 Å². The van der Waals surface area contributed by atoms with Gasteiger partial charge in [-0.15, -0.1) is 0 Å². The molecule has 8 heteroatoms. The van der Waals surface area contributed by atoms with Gasteiger partial charge in [-0.1, -0.05) is 6.42 Å². The Morgan fingerprint density at radius 1 is 1.00 bits per heavy atom. The average molecular weight is 382 g/mol. The molecule has 3 aliphatic rings. The monoisotopic (exact) mass is 381 g/mol. The first-order valence-corrected chi connectivity index (χ1v) is 10.5. The summed E-state index contributed by atoms with van der Waals surface area (Å²) >= 11 is 0. The van der Waals surface area contributed by atoms with Crippen molar-refractivity contribution in [3.63, 3.8) is 0 Å². The lowest BCUT2D eigenvalue weighted by Gasteiger charge is -2.44. The van der Waals surface area contributed by atoms with Crippen molar-refractivity contribution in [1.82, 2.24) is 25.1 Å². The van der Waals surface area contributed by atoms with Gasteiger partial charge >= 0.3 is 12.0 Å². The van der Waals surface area contributed by atoms with Gasteiger partial charge in [-0.2, -0.15) is 0 Å². The van der Waals surface area contributed by atoms with Gasteiger partial charge in [0.05, 0.1) is 13.5 Å². The molecular weight excluding hydrogens is 346 g/mol. The topological polar surface area (TPSA) is 68.4 Å². The van der Waals surface area contributed by atoms with E-state index in [0.29, 0.717) is 12.6 Å². The van der Waals surface area contributed by atoms with Gasteiger partial charge in [-0.3, -0.25) is 14.7 Å². The third kappa shape index (κ3) is 5.56. The highest BCUT2D eigenvalue weighted by Crippen LogP contribution is 2.18. The highest BCUT2D eigenvalue weighted by Gasteiger charge is 2.32. The molecule has 154 valence electrons. The summed E-state index contributed by atoms with van der Waals surface area (Å²) in [7, 11) is 1.40. The van der Waals surface area contributed by atoms with Crippen LogP contribution in [0.1, 0.15) is 38.5 Å². The Morgan fingerprint density at radius 2 is 1.67 bits per heavy atom. The van der Waals surface area contributed by atoms with Crippen LogP contribution in [-0.4, -0.2) is 104 Å². The van der Waals surface area contributed by atoms with Crippen LogP contribution in [0.5, 0.6) is 0 Å². The van der Waals surface area contributed by atoms with E-state index in [9.17, 15) is 9.59 Å². The molecule has 0 aromatic carbocycles. The van der Waals surface area contributed by atoms with E-state index in [1.54, 1.807) is 5.01 Å². The molecule has 0 aliphatic carbocycles. The van der Waals surface area contributed by atoms with Crippen molar-refractivity contribution >= 4 is 12.0 Å². The summed E-state index contributed by atoms with van der Waals surface area (Å²) in [5.41, 5.74) is 0. The number of amides is 2. The molecule has 0 aromatic heterocycles. The second kappa shape index (κ2) is 10.2. The minimum atomic E-state index is -0.263. The van der Waals surface area contributed by atoms with Crippen molar-refractivity contribution in [1.29, 1.82) is 0 Å². The first-order chi connectivity index (χ1) is 13.2. The van der Waals surface area contributed by atoms with Gasteiger partial charge in [0.2, 0.25) is 0 Å². The maximum atomic E-state index is 13.2. The smallest absolute Gasteiger partial charge is 0.334 e. The van der Waals surface area contributed by atoms with Gasteiger partial charge in [0.15, 0.2) is 0 Å². The largest absolute Gasteiger partial charge is 0.469 e. The molecule has 3 saturated heterocycles. The van der Waals surface area contributed by atoms with Gasteiger partial charge in [-0.25, -0.2) is 9.80 Å². The van der Waals surface area contributed by atoms with E-state index >= 15 is 0 Å². The van der Waals surface area contributed by atoms with Gasteiger partial charge in [-0.05, 0) is 38.8 Å². The number of carbonyl (C=O) groups excluding carboxylic acids is 2. The fraction of sp³-hybridized carbons (Fsp3) is 0.895. The Bertz CT molecular complexity index is 484. The summed E-state index contributed by atoms with van der Waals surface area (Å²) < 4.78 is 4.77. The molecule has 3 fully saturated rings. The molecule has 27 heavy (non-hydrogen) atoms. The minimum absolute atomic E-state index is 0.0470. The van der Waals surface area contributed by atoms with Crippen LogP contribution in [0.3, 0.4) is 0 Å². The minimum Gasteiger partial charge on any atom is -0.469 e. The fourth-order valence-corrected chi connectivity index (χ4v) is 4.39. The van der Waals surface area contributed by atoms with Gasteiger partial charge in [0, 0.05) is 51.9 Å². The van der Waals surface area contributed by atoms with Crippen molar-refractivity contribution in [2.24, 2.45) is 0 Å². The molecule has 0 aromatic rings. The number of esters is 1. The number of ether oxygens (including phenoxy) is 1. The molecule has 0 saturated carbocycles. The predicted molar refractivity (Wildman–Crippen MR) is 103 cm³/mol. The van der Waals surface area contributed by atoms with E-state index in [2.05, 4.69) is 15.2 Å². The van der Waals surface area contributed by atoms with Crippen molar-refractivity contribution in [3.05, 3.63) is 0 Å². The molecule has 0 atom stereocenters. The number of piperidine rings is 2. The number of carbonyl (C=O) groups is 2. The molecule has 0 spiro atoms. The first-order valence-electron chi connectivity index (χ1n) is 10.5. The molecule has 3 heterocycles. The molecule has 3 rings (SSSR count). The highest BCUT2D eigenvalue weighted by atomic mass is 16.5. The van der Waals surface area contributed by atoms with Crippen molar-refractivity contribution in [2.45, 2.75) is 44.6 Å². The average Bonchev–Trinajstić information content (AvgIpc) is 2.75. The van der Waals surface area contributed by atoms with Crippen molar-refractivity contribution in [2.75, 3.05) is 66.0 Å². The molecule has 8 nitrogen and oxygen atoms in total. The number of hydrazine groups is 1. The Labute approximate surface area is 162 Å². The number of rotatable bonds is 5. The van der Waals surface area contributed by atoms with Crippen LogP contribution in [-0.2, 0) is 9.53 Å². The van der Waals surface area contributed by atoms with Crippen LogP contribution < -0.4 is 5.32 Å². The van der Waals surface area contributed by atoms with Crippen molar-refractivity contribution in [3.8, 4) is 0 Å². The summed E-state index contributed by atoms with van der Waals surface area (Å²) in [5.74, 6) is -0.263. The lowest BCUT2D eigenvalue weighted by Crippen LogP contribution is -2.59. The van der Waals surface area contributed by atoms with Crippen LogP contribution in [0.25, 0.3) is 0 Å². The third-order valence-electron chi connectivity index (χ3n) is 6.06. The molecule has 0 bridgehead atoms. The molecule has 1 N–H and O–H groups in total. The summed E-state index contributed by atoms with van der Waals surface area (Å²) in [6, 6.07) is 0.701. The summed E-state index contributed by atoms with van der Waals surface area (Å²) in [5, 5.41) is 7.35. The molecule has 0 radical (unpaired) electrons. The first kappa shape index (κ1) is 20.4. The van der Waals surface area contributed by atoms with E-state index in [4.69, 9.17) is 4.74 Å². The zero-order chi connectivity index (χ0) is 19.1. The standard InChI is InChI=1S/C19H35N5O3/c1-27-18(25)7-12-24(23-10-3-2-4-11-23)19(26)22-15-13-21(14-16-22)17-5-8-20-9-6-17/h17,20H,2-16H2,1H3. The Balaban J connectivity index is 1.55. The highest BCUT2D eigenvalue weighted by molar-refractivity contribution is 5.75. The number of urea groups is 1. The Hall–Kier alpha value is -1.38. The lowest BCUT2D eigenvalue weighted by molar-refractivity contribution is -0.141. The quantitative estimate of drug-likeness (QED) is 0.709. The number of nitrogens with zero attached hydrogens (tertiary/aromatic N) is 4. The van der Waals surface area contributed by atoms with E-state index in [-0.39, 0.29) is 18.4 Å². The normalized spacial score (nSPS) is 23.2. The maximum Gasteiger partial charge on any atom is 0.334 e. The van der Waals surface area contributed by atoms with Crippen LogP contribution in [0.2, 0.25) is 0 Å². The number of piperazine rings is 1. The number of hydrogen-bond donors (Lipinski definition) is 1. The van der Waals surface area contributed by atoms with Crippen LogP contribution in [0.15, 0.2) is 0 Å². The molecular formula is C19H35N5O3. The van der Waals surface area contributed by atoms with Crippen molar-refractivity contribution < 1.29 is 14.3 Å². The van der Waals surface area contributed by atoms with E-state index < -0.39 is 0 Å². The second-order valence-corrected chi connectivity index (χ2v) is 7.75. The Kier molecular flexibility index (Phi) is 7.72. The van der Waals surface area contributed by atoms with E-state index in [1.807, 2.05) is 4.90 Å². The zero-order valence-electron chi connectivity index (χ0n) is 16.7. The molecule has 2 amide bonds. The lowest BCUT2D eigenvalue weighted by atomic mass is 10.0. The number of nitrogens with one attached hydrogen (secondary N) is 1. The number of methoxy groups -OCH3 is 1. The second-order valence-electron chi connectivity index (χ2n) is 7.75. The number of hydrogen-bond acceptors (Lipinski definition) is 6.